The third-order valence-electron chi connectivity index (χ3n) is 6.36. The lowest BCUT2D eigenvalue weighted by atomic mass is 9.79. The van der Waals surface area contributed by atoms with Crippen molar-refractivity contribution < 1.29 is 13.2 Å². The fourth-order valence-corrected chi connectivity index (χ4v) is 5.99. The van der Waals surface area contributed by atoms with E-state index in [0.717, 1.165) is 26.6 Å². The molecule has 4 aromatic rings. The van der Waals surface area contributed by atoms with Crippen LogP contribution in [-0.4, -0.2) is 25.2 Å². The van der Waals surface area contributed by atoms with Crippen LogP contribution in [0.5, 0.6) is 0 Å². The van der Waals surface area contributed by atoms with Gasteiger partial charge in [-0.05, 0) is 41.3 Å². The van der Waals surface area contributed by atoms with Gasteiger partial charge in [0.05, 0.1) is 10.5 Å². The molecule has 0 aromatic heterocycles. The van der Waals surface area contributed by atoms with E-state index in [9.17, 15) is 13.2 Å². The molecule has 0 aliphatic carbocycles. The molecule has 0 bridgehead atoms. The van der Waals surface area contributed by atoms with Crippen molar-refractivity contribution in [2.24, 2.45) is 0 Å². The van der Waals surface area contributed by atoms with Crippen LogP contribution in [0.3, 0.4) is 0 Å². The van der Waals surface area contributed by atoms with E-state index < -0.39 is 15.9 Å². The number of rotatable bonds is 5. The summed E-state index contributed by atoms with van der Waals surface area (Å²) in [5, 5.41) is 0. The van der Waals surface area contributed by atoms with E-state index in [2.05, 4.69) is 0 Å². The minimum Gasteiger partial charge on any atom is -0.268 e. The normalized spacial score (nSPS) is 16.4. The molecule has 0 saturated carbocycles. The Hall–Kier alpha value is -3.96. The van der Waals surface area contributed by atoms with Crippen LogP contribution >= 0.6 is 0 Å². The van der Waals surface area contributed by atoms with Crippen LogP contribution in [0.25, 0.3) is 11.1 Å². The third-order valence-corrected chi connectivity index (χ3v) is 8.13. The molecule has 0 fully saturated rings. The van der Waals surface area contributed by atoms with Crippen molar-refractivity contribution in [3.8, 4) is 0 Å². The van der Waals surface area contributed by atoms with Crippen LogP contribution < -0.4 is 0 Å². The molecule has 1 unspecified atom stereocenters. The van der Waals surface area contributed by atoms with Crippen LogP contribution in [-0.2, 0) is 14.8 Å². The second-order valence-corrected chi connectivity index (χ2v) is 10.5. The largest absolute Gasteiger partial charge is 0.268 e. The van der Waals surface area contributed by atoms with Crippen molar-refractivity contribution in [3.63, 3.8) is 0 Å². The molecule has 1 amide bonds. The van der Waals surface area contributed by atoms with E-state index >= 15 is 0 Å². The van der Waals surface area contributed by atoms with E-state index in [-0.39, 0.29) is 17.4 Å². The average molecular weight is 480 g/mol. The summed E-state index contributed by atoms with van der Waals surface area (Å²) in [6, 6.07) is 35.5. The van der Waals surface area contributed by atoms with Gasteiger partial charge in [0.2, 0.25) is 0 Å². The first kappa shape index (κ1) is 22.8. The number of hydrogen-bond donors (Lipinski definition) is 0. The van der Waals surface area contributed by atoms with Crippen molar-refractivity contribution in [1.29, 1.82) is 0 Å². The molecular formula is C30H25NO3S. The topological polar surface area (TPSA) is 54.5 Å². The molecule has 1 atom stereocenters. The monoisotopic (exact) mass is 479 g/mol. The van der Waals surface area contributed by atoms with Gasteiger partial charge in [-0.15, -0.1) is 0 Å². The number of carbonyl (C=O) groups excluding carboxylic acids is 1. The number of nitrogens with zero attached hydrogens (tertiary/aromatic N) is 1. The zero-order chi connectivity index (χ0) is 24.4. The third kappa shape index (κ3) is 4.31. The predicted molar refractivity (Wildman–Crippen MR) is 139 cm³/mol. The first-order valence-electron chi connectivity index (χ1n) is 11.5. The summed E-state index contributed by atoms with van der Waals surface area (Å²) in [7, 11) is -4.07. The smallest absolute Gasteiger partial charge is 0.268 e. The zero-order valence-corrected chi connectivity index (χ0v) is 20.2. The Morgan fingerprint density at radius 1 is 0.686 bits per heavy atom. The van der Waals surface area contributed by atoms with Gasteiger partial charge in [0, 0.05) is 12.5 Å². The highest BCUT2D eigenvalue weighted by Crippen LogP contribution is 2.44. The Balaban J connectivity index is 1.78. The molecule has 4 nitrogen and oxygen atoms in total. The summed E-state index contributed by atoms with van der Waals surface area (Å²) < 4.78 is 28.6. The average Bonchev–Trinajstić information content (AvgIpc) is 2.90. The van der Waals surface area contributed by atoms with Crippen molar-refractivity contribution >= 4 is 27.1 Å². The maximum absolute atomic E-state index is 14.1. The Kier molecular flexibility index (Phi) is 6.10. The van der Waals surface area contributed by atoms with E-state index in [1.807, 2.05) is 97.9 Å². The molecular weight excluding hydrogens is 454 g/mol. The fourth-order valence-electron chi connectivity index (χ4n) is 4.60. The molecule has 0 radical (unpaired) electrons. The molecule has 5 heteroatoms. The summed E-state index contributed by atoms with van der Waals surface area (Å²) in [5.41, 5.74) is 4.75. The minimum absolute atomic E-state index is 0.0274. The molecule has 174 valence electrons. The summed E-state index contributed by atoms with van der Waals surface area (Å²) in [4.78, 5) is 14.2. The van der Waals surface area contributed by atoms with Crippen LogP contribution in [0.1, 0.15) is 28.2 Å². The van der Waals surface area contributed by atoms with Gasteiger partial charge in [-0.25, -0.2) is 12.7 Å². The number of amides is 1. The van der Waals surface area contributed by atoms with Crippen LogP contribution in [0.4, 0.5) is 0 Å². The molecule has 1 heterocycles. The first-order valence-corrected chi connectivity index (χ1v) is 12.9. The molecule has 1 aliphatic heterocycles. The van der Waals surface area contributed by atoms with Crippen molar-refractivity contribution in [1.82, 2.24) is 4.31 Å². The first-order chi connectivity index (χ1) is 17.0. The zero-order valence-electron chi connectivity index (χ0n) is 19.3. The molecule has 0 saturated heterocycles. The maximum atomic E-state index is 14.1. The van der Waals surface area contributed by atoms with E-state index in [4.69, 9.17) is 0 Å². The molecule has 35 heavy (non-hydrogen) atoms. The lowest BCUT2D eigenvalue weighted by Gasteiger charge is -2.36. The number of carbonyl (C=O) groups is 1. The summed E-state index contributed by atoms with van der Waals surface area (Å²) in [6.07, 6.45) is 0. The molecule has 0 spiro atoms. The number of aryl methyl sites for hydroxylation is 1. The van der Waals surface area contributed by atoms with E-state index in [0.29, 0.717) is 11.1 Å². The Morgan fingerprint density at radius 2 is 1.20 bits per heavy atom. The van der Waals surface area contributed by atoms with Gasteiger partial charge in [0.25, 0.3) is 15.9 Å². The standard InChI is InChI=1S/C30H25NO3S/c1-22-17-19-26(20-18-22)35(33,34)31-21-27(23-11-5-2-6-12-23)28(24-13-7-3-8-14-24)29(30(31)32)25-15-9-4-10-16-25/h2-20,27H,21H2,1H3. The van der Waals surface area contributed by atoms with Gasteiger partial charge in [0.15, 0.2) is 0 Å². The molecule has 0 N–H and O–H groups in total. The SMILES string of the molecule is Cc1ccc(S(=O)(=O)N2CC(c3ccccc3)C(c3ccccc3)=C(c3ccccc3)C2=O)cc1. The Bertz CT molecular complexity index is 1480. The van der Waals surface area contributed by atoms with Gasteiger partial charge in [0.1, 0.15) is 0 Å². The van der Waals surface area contributed by atoms with Gasteiger partial charge in [-0.1, -0.05) is 109 Å². The van der Waals surface area contributed by atoms with E-state index in [1.165, 1.54) is 0 Å². The van der Waals surface area contributed by atoms with Crippen molar-refractivity contribution in [2.45, 2.75) is 17.7 Å². The molecule has 1 aliphatic rings. The lowest BCUT2D eigenvalue weighted by Crippen LogP contribution is -2.44. The lowest BCUT2D eigenvalue weighted by molar-refractivity contribution is -0.121. The van der Waals surface area contributed by atoms with Crippen LogP contribution in [0.15, 0.2) is 120 Å². The van der Waals surface area contributed by atoms with Crippen LogP contribution in [0.2, 0.25) is 0 Å². The fraction of sp³-hybridized carbons (Fsp3) is 0.100. The van der Waals surface area contributed by atoms with Crippen molar-refractivity contribution in [2.75, 3.05) is 6.54 Å². The predicted octanol–water partition coefficient (Wildman–Crippen LogP) is 5.92. The summed E-state index contributed by atoms with van der Waals surface area (Å²) >= 11 is 0. The quantitative estimate of drug-likeness (QED) is 0.357. The van der Waals surface area contributed by atoms with Gasteiger partial charge < -0.3 is 0 Å². The van der Waals surface area contributed by atoms with E-state index in [1.54, 1.807) is 24.3 Å². The summed E-state index contributed by atoms with van der Waals surface area (Å²) in [6.45, 7) is 1.93. The van der Waals surface area contributed by atoms with Gasteiger partial charge in [-0.2, -0.15) is 0 Å². The highest BCUT2D eigenvalue weighted by molar-refractivity contribution is 7.89. The maximum Gasteiger partial charge on any atom is 0.268 e. The Morgan fingerprint density at radius 3 is 1.77 bits per heavy atom. The van der Waals surface area contributed by atoms with Gasteiger partial charge in [-0.3, -0.25) is 4.79 Å². The highest BCUT2D eigenvalue weighted by Gasteiger charge is 2.41. The number of hydrogen-bond acceptors (Lipinski definition) is 3. The summed E-state index contributed by atoms with van der Waals surface area (Å²) in [5.74, 6) is -0.838. The van der Waals surface area contributed by atoms with Crippen LogP contribution in [0, 0.1) is 6.92 Å². The minimum atomic E-state index is -4.07. The molecule has 4 aromatic carbocycles. The second kappa shape index (κ2) is 9.35. The number of benzene rings is 4. The number of sulfonamides is 1. The molecule has 5 rings (SSSR count). The second-order valence-electron chi connectivity index (χ2n) is 8.64. The van der Waals surface area contributed by atoms with Crippen molar-refractivity contribution in [3.05, 3.63) is 138 Å². The highest BCUT2D eigenvalue weighted by atomic mass is 32.2. The Labute approximate surface area is 206 Å². The van der Waals surface area contributed by atoms with Gasteiger partial charge >= 0.3 is 0 Å².